The van der Waals surface area contributed by atoms with Gasteiger partial charge in [-0.05, 0) is 42.2 Å². The second-order valence-corrected chi connectivity index (χ2v) is 4.51. The smallest absolute Gasteiger partial charge is 0.0709 e. The molecule has 2 aromatic rings. The summed E-state index contributed by atoms with van der Waals surface area (Å²) in [6.45, 7) is 6.36. The first-order valence-electron chi connectivity index (χ1n) is 5.63. The molecule has 1 aromatic carbocycles. The van der Waals surface area contributed by atoms with Crippen molar-refractivity contribution in [3.63, 3.8) is 0 Å². The lowest BCUT2D eigenvalue weighted by Gasteiger charge is -2.10. The normalized spacial score (nSPS) is 11.3. The third kappa shape index (κ3) is 1.93. The maximum absolute atomic E-state index is 9.36. The third-order valence-corrected chi connectivity index (χ3v) is 2.88. The van der Waals surface area contributed by atoms with Crippen LogP contribution in [0.2, 0.25) is 0 Å². The summed E-state index contributed by atoms with van der Waals surface area (Å²) >= 11 is 0. The SMILES string of the molecule is Cc1cc(CO)c2cc(C(C)C)ccc2n1. The van der Waals surface area contributed by atoms with E-state index in [-0.39, 0.29) is 6.61 Å². The summed E-state index contributed by atoms with van der Waals surface area (Å²) in [5.74, 6) is 0.497. The van der Waals surface area contributed by atoms with E-state index in [1.807, 2.05) is 19.1 Å². The molecule has 0 fully saturated rings. The van der Waals surface area contributed by atoms with Crippen molar-refractivity contribution in [3.05, 3.63) is 41.1 Å². The highest BCUT2D eigenvalue weighted by Crippen LogP contribution is 2.23. The van der Waals surface area contributed by atoms with Gasteiger partial charge in [0.2, 0.25) is 0 Å². The number of benzene rings is 1. The molecule has 0 aliphatic carbocycles. The first-order chi connectivity index (χ1) is 7.61. The molecule has 0 bridgehead atoms. The minimum atomic E-state index is 0.0708. The first-order valence-corrected chi connectivity index (χ1v) is 5.63. The van der Waals surface area contributed by atoms with Crippen LogP contribution < -0.4 is 0 Å². The van der Waals surface area contributed by atoms with Crippen LogP contribution in [0.3, 0.4) is 0 Å². The zero-order valence-corrected chi connectivity index (χ0v) is 9.99. The number of pyridine rings is 1. The van der Waals surface area contributed by atoms with Gasteiger partial charge in [0.05, 0.1) is 12.1 Å². The van der Waals surface area contributed by atoms with Gasteiger partial charge in [0.1, 0.15) is 0 Å². The lowest BCUT2D eigenvalue weighted by Crippen LogP contribution is -1.94. The molecule has 2 nitrogen and oxygen atoms in total. The molecule has 1 N–H and O–H groups in total. The molecule has 2 rings (SSSR count). The highest BCUT2D eigenvalue weighted by molar-refractivity contribution is 5.83. The summed E-state index contributed by atoms with van der Waals surface area (Å²) in [7, 11) is 0. The predicted molar refractivity (Wildman–Crippen MR) is 66.5 cm³/mol. The fraction of sp³-hybridized carbons (Fsp3) is 0.357. The first kappa shape index (κ1) is 11.1. The van der Waals surface area contributed by atoms with Crippen LogP contribution in [0.25, 0.3) is 10.9 Å². The van der Waals surface area contributed by atoms with Gasteiger partial charge in [-0.1, -0.05) is 19.9 Å². The summed E-state index contributed by atoms with van der Waals surface area (Å²) in [6.07, 6.45) is 0. The maximum Gasteiger partial charge on any atom is 0.0709 e. The van der Waals surface area contributed by atoms with Gasteiger partial charge in [-0.3, -0.25) is 4.98 Å². The Labute approximate surface area is 96.0 Å². The van der Waals surface area contributed by atoms with Crippen LogP contribution in [0, 0.1) is 6.92 Å². The van der Waals surface area contributed by atoms with Crippen molar-refractivity contribution in [3.8, 4) is 0 Å². The Morgan fingerprint density at radius 2 is 2.00 bits per heavy atom. The highest BCUT2D eigenvalue weighted by Gasteiger charge is 2.06. The molecule has 1 aromatic heterocycles. The van der Waals surface area contributed by atoms with Gasteiger partial charge in [0.25, 0.3) is 0 Å². The fourth-order valence-corrected chi connectivity index (χ4v) is 1.95. The van der Waals surface area contributed by atoms with E-state index in [0.717, 1.165) is 22.2 Å². The molecule has 0 saturated carbocycles. The van der Waals surface area contributed by atoms with Crippen molar-refractivity contribution < 1.29 is 5.11 Å². The molecule has 0 radical (unpaired) electrons. The zero-order valence-electron chi connectivity index (χ0n) is 9.99. The minimum Gasteiger partial charge on any atom is -0.392 e. The Morgan fingerprint density at radius 1 is 1.25 bits per heavy atom. The van der Waals surface area contributed by atoms with Gasteiger partial charge in [0, 0.05) is 11.1 Å². The van der Waals surface area contributed by atoms with E-state index in [1.165, 1.54) is 5.56 Å². The summed E-state index contributed by atoms with van der Waals surface area (Å²) in [4.78, 5) is 4.47. The Kier molecular flexibility index (Phi) is 2.92. The molecular weight excluding hydrogens is 198 g/mol. The van der Waals surface area contributed by atoms with E-state index in [0.29, 0.717) is 5.92 Å². The Balaban J connectivity index is 2.71. The number of hydrogen-bond donors (Lipinski definition) is 1. The molecule has 0 atom stereocenters. The van der Waals surface area contributed by atoms with Crippen LogP contribution in [0.1, 0.15) is 36.6 Å². The Morgan fingerprint density at radius 3 is 2.62 bits per heavy atom. The second-order valence-electron chi connectivity index (χ2n) is 4.51. The zero-order chi connectivity index (χ0) is 11.7. The van der Waals surface area contributed by atoms with Crippen molar-refractivity contribution in [1.82, 2.24) is 4.98 Å². The molecule has 0 aliphatic heterocycles. The summed E-state index contributed by atoms with van der Waals surface area (Å²) < 4.78 is 0. The average Bonchev–Trinajstić information content (AvgIpc) is 2.27. The molecule has 0 aliphatic rings. The third-order valence-electron chi connectivity index (χ3n) is 2.88. The van der Waals surface area contributed by atoms with Crippen LogP contribution in [-0.2, 0) is 6.61 Å². The van der Waals surface area contributed by atoms with Gasteiger partial charge in [0.15, 0.2) is 0 Å². The number of rotatable bonds is 2. The highest BCUT2D eigenvalue weighted by atomic mass is 16.3. The summed E-state index contributed by atoms with van der Waals surface area (Å²) in [5, 5.41) is 10.4. The van der Waals surface area contributed by atoms with Gasteiger partial charge in [-0.2, -0.15) is 0 Å². The fourth-order valence-electron chi connectivity index (χ4n) is 1.95. The largest absolute Gasteiger partial charge is 0.392 e. The van der Waals surface area contributed by atoms with Crippen molar-refractivity contribution in [2.75, 3.05) is 0 Å². The number of aliphatic hydroxyl groups is 1. The van der Waals surface area contributed by atoms with E-state index >= 15 is 0 Å². The number of fused-ring (bicyclic) bond motifs is 1. The number of nitrogens with zero attached hydrogens (tertiary/aromatic N) is 1. The van der Waals surface area contributed by atoms with Gasteiger partial charge >= 0.3 is 0 Å². The standard InChI is InChI=1S/C14H17NO/c1-9(2)11-4-5-14-13(7-11)12(8-16)6-10(3)15-14/h4-7,9,16H,8H2,1-3H3. The number of aliphatic hydroxyl groups excluding tert-OH is 1. The average molecular weight is 215 g/mol. The van der Waals surface area contributed by atoms with Crippen LogP contribution >= 0.6 is 0 Å². The van der Waals surface area contributed by atoms with Crippen LogP contribution in [0.5, 0.6) is 0 Å². The molecule has 0 saturated heterocycles. The maximum atomic E-state index is 9.36. The number of aryl methyl sites for hydroxylation is 1. The molecule has 1 heterocycles. The van der Waals surface area contributed by atoms with E-state index in [1.54, 1.807) is 0 Å². The van der Waals surface area contributed by atoms with Crippen molar-refractivity contribution in [2.24, 2.45) is 0 Å². The number of aromatic nitrogens is 1. The Hall–Kier alpha value is -1.41. The molecular formula is C14H17NO. The van der Waals surface area contributed by atoms with E-state index in [2.05, 4.69) is 31.0 Å². The molecule has 84 valence electrons. The monoisotopic (exact) mass is 215 g/mol. The van der Waals surface area contributed by atoms with Crippen LogP contribution in [0.15, 0.2) is 24.3 Å². The van der Waals surface area contributed by atoms with Crippen molar-refractivity contribution >= 4 is 10.9 Å². The minimum absolute atomic E-state index is 0.0708. The summed E-state index contributed by atoms with van der Waals surface area (Å²) in [6, 6.07) is 8.24. The van der Waals surface area contributed by atoms with Gasteiger partial charge in [-0.25, -0.2) is 0 Å². The van der Waals surface area contributed by atoms with E-state index < -0.39 is 0 Å². The molecule has 16 heavy (non-hydrogen) atoms. The van der Waals surface area contributed by atoms with Crippen LogP contribution in [-0.4, -0.2) is 10.1 Å². The molecule has 2 heteroatoms. The van der Waals surface area contributed by atoms with Crippen molar-refractivity contribution in [2.45, 2.75) is 33.3 Å². The molecule has 0 amide bonds. The number of hydrogen-bond acceptors (Lipinski definition) is 2. The van der Waals surface area contributed by atoms with E-state index in [9.17, 15) is 5.11 Å². The molecule has 0 spiro atoms. The van der Waals surface area contributed by atoms with E-state index in [4.69, 9.17) is 0 Å². The predicted octanol–water partition coefficient (Wildman–Crippen LogP) is 3.16. The van der Waals surface area contributed by atoms with Gasteiger partial charge < -0.3 is 5.11 Å². The Bertz CT molecular complexity index is 517. The second kappa shape index (κ2) is 4.22. The van der Waals surface area contributed by atoms with Crippen molar-refractivity contribution in [1.29, 1.82) is 0 Å². The topological polar surface area (TPSA) is 33.1 Å². The lowest BCUT2D eigenvalue weighted by molar-refractivity contribution is 0.283. The summed E-state index contributed by atoms with van der Waals surface area (Å²) in [5.41, 5.74) is 4.17. The van der Waals surface area contributed by atoms with Gasteiger partial charge in [-0.15, -0.1) is 0 Å². The van der Waals surface area contributed by atoms with Crippen LogP contribution in [0.4, 0.5) is 0 Å². The lowest BCUT2D eigenvalue weighted by atomic mass is 9.99. The quantitative estimate of drug-likeness (QED) is 0.834. The molecule has 0 unspecified atom stereocenters.